The van der Waals surface area contributed by atoms with Crippen molar-refractivity contribution in [3.63, 3.8) is 0 Å². The van der Waals surface area contributed by atoms with Crippen LogP contribution in [0.4, 0.5) is 0 Å². The molecule has 0 amide bonds. The number of hydrogen-bond donors (Lipinski definition) is 0. The molecule has 0 aromatic heterocycles. The minimum absolute atomic E-state index is 0.508. The predicted octanol–water partition coefficient (Wildman–Crippen LogP) is 5.09. The SMILES string of the molecule is CCCCC1(C)OCc2cc(CC[Si](OCC)(OCC)OCC)ccc2O1. The molecule has 0 N–H and O–H groups in total. The van der Waals surface area contributed by atoms with Crippen LogP contribution in [0.15, 0.2) is 18.2 Å². The van der Waals surface area contributed by atoms with E-state index in [1.165, 1.54) is 5.56 Å². The molecule has 1 aliphatic rings. The minimum Gasteiger partial charge on any atom is -0.462 e. The van der Waals surface area contributed by atoms with Gasteiger partial charge in [-0.1, -0.05) is 19.4 Å². The molecule has 1 atom stereocenters. The summed E-state index contributed by atoms with van der Waals surface area (Å²) < 4.78 is 30.0. The lowest BCUT2D eigenvalue weighted by atomic mass is 10.0. The molecular weight excluding hydrogens is 360 g/mol. The molecular formula is C21H36O5Si. The van der Waals surface area contributed by atoms with E-state index in [2.05, 4.69) is 25.1 Å². The summed E-state index contributed by atoms with van der Waals surface area (Å²) in [6.07, 6.45) is 4.00. The maximum Gasteiger partial charge on any atom is 0.501 e. The van der Waals surface area contributed by atoms with Crippen LogP contribution in [0.2, 0.25) is 6.04 Å². The van der Waals surface area contributed by atoms with Crippen molar-refractivity contribution in [1.82, 2.24) is 0 Å². The molecule has 0 spiro atoms. The third kappa shape index (κ3) is 6.29. The van der Waals surface area contributed by atoms with Gasteiger partial charge in [-0.25, -0.2) is 0 Å². The number of aryl methyl sites for hydroxylation is 1. The van der Waals surface area contributed by atoms with Crippen molar-refractivity contribution in [2.75, 3.05) is 19.8 Å². The number of ether oxygens (including phenoxy) is 2. The Bertz CT molecular complexity index is 563. The highest BCUT2D eigenvalue weighted by atomic mass is 28.4. The highest BCUT2D eigenvalue weighted by molar-refractivity contribution is 6.60. The number of benzene rings is 1. The Morgan fingerprint density at radius 3 is 2.30 bits per heavy atom. The predicted molar refractivity (Wildman–Crippen MR) is 109 cm³/mol. The first-order valence-electron chi connectivity index (χ1n) is 10.4. The zero-order chi connectivity index (χ0) is 19.8. The summed E-state index contributed by atoms with van der Waals surface area (Å²) in [5.74, 6) is 0.428. The van der Waals surface area contributed by atoms with Gasteiger partial charge in [-0.15, -0.1) is 0 Å². The molecule has 0 aliphatic carbocycles. The van der Waals surface area contributed by atoms with Gasteiger partial charge in [0.1, 0.15) is 5.75 Å². The first-order valence-corrected chi connectivity index (χ1v) is 12.3. The molecule has 0 saturated heterocycles. The summed E-state index contributed by atoms with van der Waals surface area (Å²) in [6, 6.07) is 7.16. The Balaban J connectivity index is 2.04. The Morgan fingerprint density at radius 1 is 1.04 bits per heavy atom. The van der Waals surface area contributed by atoms with Gasteiger partial charge < -0.3 is 22.8 Å². The fourth-order valence-corrected chi connectivity index (χ4v) is 6.01. The van der Waals surface area contributed by atoms with Gasteiger partial charge in [0, 0.05) is 44.8 Å². The van der Waals surface area contributed by atoms with Crippen LogP contribution in [-0.4, -0.2) is 34.4 Å². The number of rotatable bonds is 12. The number of fused-ring (bicyclic) bond motifs is 1. The summed E-state index contributed by atoms with van der Waals surface area (Å²) in [6.45, 7) is 12.6. The molecule has 1 unspecified atom stereocenters. The average Bonchev–Trinajstić information content (AvgIpc) is 2.65. The minimum atomic E-state index is -2.61. The largest absolute Gasteiger partial charge is 0.501 e. The Hall–Kier alpha value is -0.923. The van der Waals surface area contributed by atoms with Crippen molar-refractivity contribution in [3.05, 3.63) is 29.3 Å². The Labute approximate surface area is 165 Å². The van der Waals surface area contributed by atoms with Crippen molar-refractivity contribution in [1.29, 1.82) is 0 Å². The molecule has 6 heteroatoms. The van der Waals surface area contributed by atoms with Crippen molar-refractivity contribution in [2.24, 2.45) is 0 Å². The standard InChI is InChI=1S/C21H36O5Si/c1-6-10-14-21(5)22-17-19-16-18(11-12-20(19)26-21)13-15-27(23-7-2,24-8-3)25-9-4/h11-12,16H,6-10,13-15,17H2,1-5H3. The second-order valence-corrected chi connectivity index (χ2v) is 9.78. The van der Waals surface area contributed by atoms with Gasteiger partial charge in [0.05, 0.1) is 6.61 Å². The second-order valence-electron chi connectivity index (χ2n) is 7.05. The van der Waals surface area contributed by atoms with E-state index in [1.54, 1.807) is 0 Å². The van der Waals surface area contributed by atoms with E-state index in [1.807, 2.05) is 27.7 Å². The third-order valence-electron chi connectivity index (χ3n) is 4.78. The van der Waals surface area contributed by atoms with Crippen molar-refractivity contribution < 1.29 is 22.8 Å². The van der Waals surface area contributed by atoms with Crippen LogP contribution in [-0.2, 0) is 31.0 Å². The summed E-state index contributed by atoms with van der Waals surface area (Å²) in [7, 11) is -2.61. The second kappa shape index (κ2) is 10.6. The van der Waals surface area contributed by atoms with E-state index >= 15 is 0 Å². The summed E-state index contributed by atoms with van der Waals surface area (Å²) >= 11 is 0. The van der Waals surface area contributed by atoms with E-state index in [0.29, 0.717) is 26.4 Å². The molecule has 0 radical (unpaired) electrons. The highest BCUT2D eigenvalue weighted by Crippen LogP contribution is 2.35. The van der Waals surface area contributed by atoms with Crippen molar-refractivity contribution in [3.8, 4) is 5.75 Å². The first-order chi connectivity index (χ1) is 13.0. The maximum absolute atomic E-state index is 6.15. The van der Waals surface area contributed by atoms with Gasteiger partial charge >= 0.3 is 8.80 Å². The molecule has 0 bridgehead atoms. The Kier molecular flexibility index (Phi) is 8.76. The van der Waals surface area contributed by atoms with E-state index < -0.39 is 14.6 Å². The average molecular weight is 397 g/mol. The lowest BCUT2D eigenvalue weighted by molar-refractivity contribution is -0.198. The van der Waals surface area contributed by atoms with Gasteiger partial charge in [-0.3, -0.25) is 0 Å². The summed E-state index contributed by atoms with van der Waals surface area (Å²) in [4.78, 5) is 0. The van der Waals surface area contributed by atoms with Gasteiger partial charge in [0.15, 0.2) is 0 Å². The van der Waals surface area contributed by atoms with Crippen molar-refractivity contribution >= 4 is 8.80 Å². The molecule has 1 heterocycles. The molecule has 27 heavy (non-hydrogen) atoms. The topological polar surface area (TPSA) is 46.2 Å². The molecule has 154 valence electrons. The third-order valence-corrected chi connectivity index (χ3v) is 7.83. The van der Waals surface area contributed by atoms with Gasteiger partial charge in [0.2, 0.25) is 5.79 Å². The van der Waals surface area contributed by atoms with Crippen LogP contribution in [0.1, 0.15) is 65.0 Å². The molecule has 0 saturated carbocycles. The van der Waals surface area contributed by atoms with Crippen LogP contribution in [0, 0.1) is 0 Å². The normalized spacial score (nSPS) is 19.6. The van der Waals surface area contributed by atoms with E-state index in [4.69, 9.17) is 22.8 Å². The van der Waals surface area contributed by atoms with Gasteiger partial charge in [-0.05, 0) is 51.3 Å². The van der Waals surface area contributed by atoms with Crippen LogP contribution in [0.3, 0.4) is 0 Å². The molecule has 0 fully saturated rings. The quantitative estimate of drug-likeness (QED) is 0.460. The number of hydrogen-bond acceptors (Lipinski definition) is 5. The van der Waals surface area contributed by atoms with E-state index in [9.17, 15) is 0 Å². The van der Waals surface area contributed by atoms with E-state index in [0.717, 1.165) is 43.0 Å². The summed E-state index contributed by atoms with van der Waals surface area (Å²) in [5, 5.41) is 0. The van der Waals surface area contributed by atoms with Gasteiger partial charge in [0.25, 0.3) is 0 Å². The first kappa shape index (κ1) is 22.4. The lowest BCUT2D eigenvalue weighted by Crippen LogP contribution is -2.46. The van der Waals surface area contributed by atoms with Gasteiger partial charge in [-0.2, -0.15) is 0 Å². The molecule has 1 aliphatic heterocycles. The molecule has 1 aromatic rings. The molecule has 1 aromatic carbocycles. The van der Waals surface area contributed by atoms with Crippen LogP contribution in [0.25, 0.3) is 0 Å². The monoisotopic (exact) mass is 396 g/mol. The fourth-order valence-electron chi connectivity index (χ4n) is 3.41. The van der Waals surface area contributed by atoms with Crippen molar-refractivity contribution in [2.45, 2.75) is 78.7 Å². The lowest BCUT2D eigenvalue weighted by Gasteiger charge is -2.36. The zero-order valence-corrected chi connectivity index (χ0v) is 18.6. The van der Waals surface area contributed by atoms with E-state index in [-0.39, 0.29) is 0 Å². The smallest absolute Gasteiger partial charge is 0.462 e. The molecule has 2 rings (SSSR count). The van der Waals surface area contributed by atoms with Crippen LogP contribution in [0.5, 0.6) is 5.75 Å². The number of unbranched alkanes of at least 4 members (excludes halogenated alkanes) is 1. The highest BCUT2D eigenvalue weighted by Gasteiger charge is 2.40. The van der Waals surface area contributed by atoms with Crippen LogP contribution < -0.4 is 4.74 Å². The van der Waals surface area contributed by atoms with Crippen LogP contribution >= 0.6 is 0 Å². The maximum atomic E-state index is 6.15. The Morgan fingerprint density at radius 2 is 1.70 bits per heavy atom. The summed E-state index contributed by atoms with van der Waals surface area (Å²) in [5.41, 5.74) is 2.34. The zero-order valence-electron chi connectivity index (χ0n) is 17.6. The molecule has 5 nitrogen and oxygen atoms in total. The fraction of sp³-hybridized carbons (Fsp3) is 0.714.